The summed E-state index contributed by atoms with van der Waals surface area (Å²) < 4.78 is 40.2. The quantitative estimate of drug-likeness (QED) is 0.284. The summed E-state index contributed by atoms with van der Waals surface area (Å²) in [5.74, 6) is -0.690. The Kier molecular flexibility index (Phi) is 9.25. The van der Waals surface area contributed by atoms with E-state index in [9.17, 15) is 18.0 Å². The van der Waals surface area contributed by atoms with Gasteiger partial charge in [-0.2, -0.15) is 0 Å². The highest BCUT2D eigenvalue weighted by Crippen LogP contribution is 2.38. The van der Waals surface area contributed by atoms with E-state index in [-0.39, 0.29) is 44.1 Å². The third-order valence-electron chi connectivity index (χ3n) is 5.08. The van der Waals surface area contributed by atoms with Gasteiger partial charge < -0.3 is 19.9 Å². The molecule has 0 spiro atoms. The number of carbonyl (C=O) groups is 2. The van der Waals surface area contributed by atoms with Crippen molar-refractivity contribution in [3.05, 3.63) is 75.8 Å². The minimum Gasteiger partial charge on any atom is -0.493 e. The molecule has 37 heavy (non-hydrogen) atoms. The molecule has 0 fully saturated rings. The largest absolute Gasteiger partial charge is 0.493 e. The lowest BCUT2D eigenvalue weighted by molar-refractivity contribution is -0.136. The number of aliphatic carboxylic acids is 1. The second-order valence-electron chi connectivity index (χ2n) is 7.73. The van der Waals surface area contributed by atoms with Crippen molar-refractivity contribution in [2.24, 2.45) is 0 Å². The number of halogens is 2. The van der Waals surface area contributed by atoms with Crippen LogP contribution in [-0.2, 0) is 21.2 Å². The number of hydrogen-bond donors (Lipinski definition) is 3. The van der Waals surface area contributed by atoms with Gasteiger partial charge in [0.15, 0.2) is 17.2 Å². The number of ether oxygens (including phenoxy) is 2. The molecule has 3 N–H and O–H groups in total. The summed E-state index contributed by atoms with van der Waals surface area (Å²) in [4.78, 5) is 23.1. The van der Waals surface area contributed by atoms with Crippen molar-refractivity contribution in [1.82, 2.24) is 5.32 Å². The predicted molar refractivity (Wildman–Crippen MR) is 141 cm³/mol. The van der Waals surface area contributed by atoms with Gasteiger partial charge in [0.25, 0.3) is 15.9 Å². The molecule has 3 aromatic rings. The zero-order valence-electron chi connectivity index (χ0n) is 19.9. The van der Waals surface area contributed by atoms with Crippen molar-refractivity contribution >= 4 is 50.8 Å². The summed E-state index contributed by atoms with van der Waals surface area (Å²) >= 11 is 12.0. The first-order valence-corrected chi connectivity index (χ1v) is 13.2. The summed E-state index contributed by atoms with van der Waals surface area (Å²) in [6.45, 7) is 2.14. The van der Waals surface area contributed by atoms with Crippen LogP contribution in [0.3, 0.4) is 0 Å². The van der Waals surface area contributed by atoms with E-state index < -0.39 is 21.9 Å². The number of sulfonamides is 1. The Bertz CT molecular complexity index is 1430. The van der Waals surface area contributed by atoms with E-state index in [2.05, 4.69) is 10.0 Å². The standard InChI is InChI=1S/C25H24Cl2N2O7S/c1-3-28-25(32)16-6-9-20(36-21-8-4-15(5-11-24(30)31)12-22(21)35-2)19(13-16)29-37(33,34)23-10-7-17(26)14-18(23)27/h4,6-10,12-14,29H,3,5,11H2,1-2H3,(H,28,32)(H,30,31). The zero-order valence-corrected chi connectivity index (χ0v) is 22.2. The lowest BCUT2D eigenvalue weighted by Crippen LogP contribution is -2.23. The second-order valence-corrected chi connectivity index (χ2v) is 10.2. The van der Waals surface area contributed by atoms with E-state index in [1.807, 2.05) is 0 Å². The van der Waals surface area contributed by atoms with Gasteiger partial charge >= 0.3 is 5.97 Å². The number of anilines is 1. The normalized spacial score (nSPS) is 11.0. The molecule has 9 nitrogen and oxygen atoms in total. The topological polar surface area (TPSA) is 131 Å². The van der Waals surface area contributed by atoms with Crippen LogP contribution < -0.4 is 19.5 Å². The van der Waals surface area contributed by atoms with Crippen LogP contribution >= 0.6 is 23.2 Å². The summed E-state index contributed by atoms with van der Waals surface area (Å²) in [7, 11) is -2.78. The fraction of sp³-hybridized carbons (Fsp3) is 0.200. The van der Waals surface area contributed by atoms with Crippen LogP contribution in [-0.4, -0.2) is 39.1 Å². The van der Waals surface area contributed by atoms with Crippen LogP contribution in [0.2, 0.25) is 10.0 Å². The van der Waals surface area contributed by atoms with Crippen LogP contribution in [0.1, 0.15) is 29.3 Å². The van der Waals surface area contributed by atoms with Gasteiger partial charge in [-0.25, -0.2) is 8.42 Å². The molecule has 0 bridgehead atoms. The molecular formula is C25H24Cl2N2O7S. The van der Waals surface area contributed by atoms with E-state index >= 15 is 0 Å². The van der Waals surface area contributed by atoms with Gasteiger partial charge in [0.2, 0.25) is 0 Å². The second kappa shape index (κ2) is 12.2. The number of aryl methyl sites for hydroxylation is 1. The van der Waals surface area contributed by atoms with E-state index in [1.165, 1.54) is 43.5 Å². The van der Waals surface area contributed by atoms with Gasteiger partial charge in [0, 0.05) is 23.6 Å². The third-order valence-corrected chi connectivity index (χ3v) is 7.17. The summed E-state index contributed by atoms with van der Waals surface area (Å²) in [5, 5.41) is 11.8. The van der Waals surface area contributed by atoms with Gasteiger partial charge in [0.05, 0.1) is 17.8 Å². The third kappa shape index (κ3) is 7.28. The lowest BCUT2D eigenvalue weighted by atomic mass is 10.1. The number of hydrogen-bond acceptors (Lipinski definition) is 6. The Labute approximate surface area is 224 Å². The molecule has 3 aromatic carbocycles. The van der Waals surface area contributed by atoms with Crippen LogP contribution in [0.25, 0.3) is 0 Å². The molecule has 3 rings (SSSR count). The monoisotopic (exact) mass is 566 g/mol. The molecule has 0 atom stereocenters. The van der Waals surface area contributed by atoms with Crippen molar-refractivity contribution < 1.29 is 32.6 Å². The van der Waals surface area contributed by atoms with E-state index in [1.54, 1.807) is 25.1 Å². The molecule has 0 aliphatic carbocycles. The van der Waals surface area contributed by atoms with Gasteiger partial charge in [-0.15, -0.1) is 0 Å². The molecular weight excluding hydrogens is 543 g/mol. The number of carboxylic acid groups (broad SMARTS) is 1. The summed E-state index contributed by atoms with van der Waals surface area (Å²) in [6.07, 6.45) is 0.240. The Hall–Kier alpha value is -3.47. The molecule has 0 aromatic heterocycles. The fourth-order valence-electron chi connectivity index (χ4n) is 3.32. The van der Waals surface area contributed by atoms with Crippen molar-refractivity contribution in [3.8, 4) is 17.2 Å². The molecule has 0 saturated carbocycles. The molecule has 0 aliphatic heterocycles. The van der Waals surface area contributed by atoms with E-state index in [0.717, 1.165) is 5.56 Å². The van der Waals surface area contributed by atoms with Crippen molar-refractivity contribution in [1.29, 1.82) is 0 Å². The first-order chi connectivity index (χ1) is 17.5. The zero-order chi connectivity index (χ0) is 27.2. The minimum absolute atomic E-state index is 0.0215. The van der Waals surface area contributed by atoms with E-state index in [4.69, 9.17) is 37.8 Å². The highest BCUT2D eigenvalue weighted by atomic mass is 35.5. The van der Waals surface area contributed by atoms with Gasteiger partial charge in [-0.05, 0) is 67.4 Å². The van der Waals surface area contributed by atoms with Crippen LogP contribution in [0.4, 0.5) is 5.69 Å². The maximum atomic E-state index is 13.2. The van der Waals surface area contributed by atoms with Crippen LogP contribution in [0.15, 0.2) is 59.5 Å². The average Bonchev–Trinajstić information content (AvgIpc) is 2.84. The number of carbonyl (C=O) groups excluding carboxylic acids is 1. The predicted octanol–water partition coefficient (Wildman–Crippen LogP) is 5.36. The number of amides is 1. The number of rotatable bonds is 11. The number of carboxylic acids is 1. The van der Waals surface area contributed by atoms with Crippen molar-refractivity contribution in [2.75, 3.05) is 18.4 Å². The molecule has 0 saturated heterocycles. The fourth-order valence-corrected chi connectivity index (χ4v) is 5.15. The molecule has 1 amide bonds. The maximum absolute atomic E-state index is 13.2. The van der Waals surface area contributed by atoms with Gasteiger partial charge in [0.1, 0.15) is 4.90 Å². The number of benzene rings is 3. The highest BCUT2D eigenvalue weighted by molar-refractivity contribution is 7.92. The first kappa shape index (κ1) is 28.1. The molecule has 12 heteroatoms. The van der Waals surface area contributed by atoms with Crippen molar-refractivity contribution in [3.63, 3.8) is 0 Å². The Morgan fingerprint density at radius 2 is 1.70 bits per heavy atom. The Morgan fingerprint density at radius 3 is 2.35 bits per heavy atom. The molecule has 196 valence electrons. The molecule has 0 radical (unpaired) electrons. The molecule has 0 aliphatic rings. The smallest absolute Gasteiger partial charge is 0.303 e. The minimum atomic E-state index is -4.21. The van der Waals surface area contributed by atoms with Crippen LogP contribution in [0.5, 0.6) is 17.2 Å². The lowest BCUT2D eigenvalue weighted by Gasteiger charge is -2.17. The van der Waals surface area contributed by atoms with Gasteiger partial charge in [-0.3, -0.25) is 14.3 Å². The Morgan fingerprint density at radius 1 is 0.973 bits per heavy atom. The maximum Gasteiger partial charge on any atom is 0.303 e. The van der Waals surface area contributed by atoms with Crippen molar-refractivity contribution in [2.45, 2.75) is 24.7 Å². The number of nitrogens with one attached hydrogen (secondary N) is 2. The SMILES string of the molecule is CCNC(=O)c1ccc(Oc2ccc(CCC(=O)O)cc2OC)c(NS(=O)(=O)c2ccc(Cl)cc2Cl)c1. The summed E-state index contributed by atoms with van der Waals surface area (Å²) in [5.41, 5.74) is 0.897. The van der Waals surface area contributed by atoms with Crippen LogP contribution in [0, 0.1) is 0 Å². The highest BCUT2D eigenvalue weighted by Gasteiger charge is 2.22. The van der Waals surface area contributed by atoms with Gasteiger partial charge in [-0.1, -0.05) is 29.3 Å². The molecule has 0 heterocycles. The average molecular weight is 567 g/mol. The first-order valence-electron chi connectivity index (χ1n) is 11.0. The van der Waals surface area contributed by atoms with E-state index in [0.29, 0.717) is 18.7 Å². The molecule has 0 unspecified atom stereocenters. The summed E-state index contributed by atoms with van der Waals surface area (Å²) in [6, 6.07) is 13.1. The number of methoxy groups -OCH3 is 1. The Balaban J connectivity index is 2.01.